The van der Waals surface area contributed by atoms with Crippen LogP contribution in [0.3, 0.4) is 0 Å². The second-order valence-corrected chi connectivity index (χ2v) is 6.89. The van der Waals surface area contributed by atoms with Crippen LogP contribution in [0.1, 0.15) is 38.5 Å². The van der Waals surface area contributed by atoms with E-state index in [-0.39, 0.29) is 12.6 Å². The first-order valence-corrected chi connectivity index (χ1v) is 8.91. The molecule has 1 fully saturated rings. The van der Waals surface area contributed by atoms with Crippen molar-refractivity contribution in [3.8, 4) is 11.4 Å². The highest BCUT2D eigenvalue weighted by Crippen LogP contribution is 2.26. The number of anilines is 1. The number of carbonyl (C=O) groups excluding carboxylic acids is 1. The van der Waals surface area contributed by atoms with Gasteiger partial charge in [0.05, 0.1) is 5.60 Å². The molecule has 0 aliphatic heterocycles. The number of aryl methyl sites for hydroxylation is 1. The number of urea groups is 1. The molecule has 0 radical (unpaired) electrons. The van der Waals surface area contributed by atoms with Crippen molar-refractivity contribution >= 4 is 11.7 Å². The van der Waals surface area contributed by atoms with Gasteiger partial charge in [0, 0.05) is 37.2 Å². The van der Waals surface area contributed by atoms with Crippen molar-refractivity contribution in [3.05, 3.63) is 36.7 Å². The summed E-state index contributed by atoms with van der Waals surface area (Å²) in [5, 5.41) is 16.3. The maximum Gasteiger partial charge on any atom is 0.319 e. The van der Waals surface area contributed by atoms with Crippen molar-refractivity contribution in [2.75, 3.05) is 11.9 Å². The zero-order chi connectivity index (χ0) is 17.7. The normalized spacial score (nSPS) is 16.9. The third-order valence-corrected chi connectivity index (χ3v) is 4.81. The number of aromatic nitrogens is 2. The Morgan fingerprint density at radius 3 is 2.72 bits per heavy atom. The quantitative estimate of drug-likeness (QED) is 0.746. The van der Waals surface area contributed by atoms with Crippen molar-refractivity contribution in [1.82, 2.24) is 14.9 Å². The molecule has 1 aromatic carbocycles. The van der Waals surface area contributed by atoms with E-state index in [4.69, 9.17) is 0 Å². The van der Waals surface area contributed by atoms with E-state index >= 15 is 0 Å². The van der Waals surface area contributed by atoms with Crippen molar-refractivity contribution in [1.29, 1.82) is 0 Å². The van der Waals surface area contributed by atoms with Crippen LogP contribution in [-0.2, 0) is 7.05 Å². The summed E-state index contributed by atoms with van der Waals surface area (Å²) < 4.78 is 1.93. The molecule has 3 rings (SSSR count). The largest absolute Gasteiger partial charge is 0.388 e. The van der Waals surface area contributed by atoms with Gasteiger partial charge >= 0.3 is 6.03 Å². The van der Waals surface area contributed by atoms with E-state index in [0.717, 1.165) is 49.9 Å². The Labute approximate surface area is 148 Å². The van der Waals surface area contributed by atoms with E-state index in [1.807, 2.05) is 42.1 Å². The van der Waals surface area contributed by atoms with Gasteiger partial charge < -0.3 is 20.3 Å². The minimum Gasteiger partial charge on any atom is -0.388 e. The zero-order valence-electron chi connectivity index (χ0n) is 14.7. The number of hydrogen-bond donors (Lipinski definition) is 3. The van der Waals surface area contributed by atoms with E-state index in [9.17, 15) is 9.90 Å². The number of amides is 2. The monoisotopic (exact) mass is 342 g/mol. The fourth-order valence-electron chi connectivity index (χ4n) is 3.36. The lowest BCUT2D eigenvalue weighted by atomic mass is 9.95. The highest BCUT2D eigenvalue weighted by molar-refractivity contribution is 5.90. The first kappa shape index (κ1) is 17.5. The van der Waals surface area contributed by atoms with Crippen LogP contribution < -0.4 is 10.6 Å². The van der Waals surface area contributed by atoms with Crippen molar-refractivity contribution < 1.29 is 9.90 Å². The molecule has 134 valence electrons. The molecule has 0 unspecified atom stereocenters. The second-order valence-electron chi connectivity index (χ2n) is 6.89. The van der Waals surface area contributed by atoms with Gasteiger partial charge in [0.15, 0.2) is 0 Å². The maximum atomic E-state index is 12.2. The number of carbonyl (C=O) groups is 1. The van der Waals surface area contributed by atoms with Crippen LogP contribution >= 0.6 is 0 Å². The molecule has 6 heteroatoms. The van der Waals surface area contributed by atoms with Gasteiger partial charge in [0.2, 0.25) is 0 Å². The van der Waals surface area contributed by atoms with Crippen LogP contribution in [0.15, 0.2) is 36.7 Å². The molecule has 25 heavy (non-hydrogen) atoms. The number of rotatable bonds is 4. The van der Waals surface area contributed by atoms with Crippen molar-refractivity contribution in [2.24, 2.45) is 7.05 Å². The molecule has 1 heterocycles. The Bertz CT molecular complexity index is 718. The van der Waals surface area contributed by atoms with Crippen LogP contribution in [0.2, 0.25) is 0 Å². The van der Waals surface area contributed by atoms with Crippen molar-refractivity contribution in [2.45, 2.75) is 44.1 Å². The minimum atomic E-state index is -0.775. The Balaban J connectivity index is 1.59. The number of nitrogens with zero attached hydrogens (tertiary/aromatic N) is 2. The molecule has 2 aromatic rings. The zero-order valence-corrected chi connectivity index (χ0v) is 14.7. The lowest BCUT2D eigenvalue weighted by Gasteiger charge is -2.26. The smallest absolute Gasteiger partial charge is 0.319 e. The molecule has 2 amide bonds. The lowest BCUT2D eigenvalue weighted by molar-refractivity contribution is 0.0281. The molecular weight excluding hydrogens is 316 g/mol. The average molecular weight is 342 g/mol. The molecule has 0 saturated heterocycles. The third-order valence-electron chi connectivity index (χ3n) is 4.81. The van der Waals surface area contributed by atoms with E-state index in [2.05, 4.69) is 15.6 Å². The standard InChI is InChI=1S/C19H26N4O2/c1-23-12-11-20-17(23)15-7-6-8-16(13-15)22-18(24)21-14-19(25)9-4-2-3-5-10-19/h6-8,11-13,25H,2-5,9-10,14H2,1H3,(H2,21,22,24). The van der Waals surface area contributed by atoms with Gasteiger partial charge in [-0.3, -0.25) is 0 Å². The van der Waals surface area contributed by atoms with Crippen LogP contribution in [0.25, 0.3) is 11.4 Å². The predicted molar refractivity (Wildman–Crippen MR) is 98.3 cm³/mol. The average Bonchev–Trinajstić information content (AvgIpc) is 2.90. The number of nitrogens with one attached hydrogen (secondary N) is 2. The van der Waals surface area contributed by atoms with Crippen LogP contribution in [0, 0.1) is 0 Å². The molecule has 1 aliphatic rings. The highest BCUT2D eigenvalue weighted by atomic mass is 16.3. The van der Waals surface area contributed by atoms with E-state index < -0.39 is 5.60 Å². The third kappa shape index (κ3) is 4.60. The molecule has 0 spiro atoms. The van der Waals surface area contributed by atoms with E-state index in [1.165, 1.54) is 0 Å². The summed E-state index contributed by atoms with van der Waals surface area (Å²) in [4.78, 5) is 16.5. The number of aliphatic hydroxyl groups is 1. The van der Waals surface area contributed by atoms with Gasteiger partial charge in [0.1, 0.15) is 5.82 Å². The van der Waals surface area contributed by atoms with Crippen LogP contribution in [0.5, 0.6) is 0 Å². The summed E-state index contributed by atoms with van der Waals surface area (Å²) >= 11 is 0. The Morgan fingerprint density at radius 2 is 2.04 bits per heavy atom. The molecule has 1 aliphatic carbocycles. The molecule has 6 nitrogen and oxygen atoms in total. The number of hydrogen-bond acceptors (Lipinski definition) is 3. The van der Waals surface area contributed by atoms with Gasteiger partial charge in [-0.15, -0.1) is 0 Å². The fourth-order valence-corrected chi connectivity index (χ4v) is 3.36. The second kappa shape index (κ2) is 7.70. The van der Waals surface area contributed by atoms with Crippen LogP contribution in [-0.4, -0.2) is 32.8 Å². The molecular formula is C19H26N4O2. The summed E-state index contributed by atoms with van der Waals surface area (Å²) in [6, 6.07) is 7.28. The Morgan fingerprint density at radius 1 is 1.28 bits per heavy atom. The summed E-state index contributed by atoms with van der Waals surface area (Å²) in [6.45, 7) is 0.290. The van der Waals surface area contributed by atoms with E-state index in [1.54, 1.807) is 6.20 Å². The van der Waals surface area contributed by atoms with Gasteiger partial charge in [-0.25, -0.2) is 9.78 Å². The fraction of sp³-hybridized carbons (Fsp3) is 0.474. The van der Waals surface area contributed by atoms with Gasteiger partial charge in [0.25, 0.3) is 0 Å². The van der Waals surface area contributed by atoms with Crippen LogP contribution in [0.4, 0.5) is 10.5 Å². The van der Waals surface area contributed by atoms with Gasteiger partial charge in [-0.2, -0.15) is 0 Å². The van der Waals surface area contributed by atoms with Crippen molar-refractivity contribution in [3.63, 3.8) is 0 Å². The lowest BCUT2D eigenvalue weighted by Crippen LogP contribution is -2.44. The SMILES string of the molecule is Cn1ccnc1-c1cccc(NC(=O)NCC2(O)CCCCCC2)c1. The Hall–Kier alpha value is -2.34. The molecule has 0 atom stereocenters. The molecule has 3 N–H and O–H groups in total. The van der Waals surface area contributed by atoms with E-state index in [0.29, 0.717) is 5.69 Å². The molecule has 1 aromatic heterocycles. The summed E-state index contributed by atoms with van der Waals surface area (Å²) in [5.41, 5.74) is 0.862. The first-order valence-electron chi connectivity index (χ1n) is 8.91. The predicted octanol–water partition coefficient (Wildman–Crippen LogP) is 3.29. The Kier molecular flexibility index (Phi) is 5.38. The van der Waals surface area contributed by atoms with Gasteiger partial charge in [-0.05, 0) is 25.0 Å². The number of benzene rings is 1. The maximum absolute atomic E-state index is 12.2. The summed E-state index contributed by atoms with van der Waals surface area (Å²) in [6.07, 6.45) is 9.50. The minimum absolute atomic E-state index is 0.290. The first-order chi connectivity index (χ1) is 12.1. The highest BCUT2D eigenvalue weighted by Gasteiger charge is 2.28. The number of imidazole rings is 1. The topological polar surface area (TPSA) is 79.2 Å². The molecule has 0 bridgehead atoms. The summed E-state index contributed by atoms with van der Waals surface area (Å²) in [7, 11) is 1.93. The van der Waals surface area contributed by atoms with Gasteiger partial charge in [-0.1, -0.05) is 37.8 Å². The molecule has 1 saturated carbocycles. The summed E-state index contributed by atoms with van der Waals surface area (Å²) in [5.74, 6) is 0.844.